The average molecular weight is 492 g/mol. The van der Waals surface area contributed by atoms with Gasteiger partial charge in [-0.05, 0) is 42.8 Å². The SMILES string of the molecule is C=CCOc1cccc(C2/C(=C(/O)c3ccc4c(c3)OCCO4)C(=O)C(=O)N2c2nnc(C)s2)c1. The molecule has 0 aliphatic carbocycles. The first-order valence-corrected chi connectivity index (χ1v) is 11.6. The largest absolute Gasteiger partial charge is 0.507 e. The quantitative estimate of drug-likeness (QED) is 0.240. The average Bonchev–Trinajstić information content (AvgIpc) is 3.42. The van der Waals surface area contributed by atoms with Gasteiger partial charge in [0.1, 0.15) is 36.3 Å². The van der Waals surface area contributed by atoms with Crippen LogP contribution in [0.15, 0.2) is 60.7 Å². The molecule has 0 radical (unpaired) electrons. The minimum Gasteiger partial charge on any atom is -0.507 e. The summed E-state index contributed by atoms with van der Waals surface area (Å²) in [6.07, 6.45) is 1.62. The number of fused-ring (bicyclic) bond motifs is 1. The smallest absolute Gasteiger partial charge is 0.301 e. The van der Waals surface area contributed by atoms with Crippen LogP contribution in [0.3, 0.4) is 0 Å². The number of benzene rings is 2. The number of hydrogen-bond acceptors (Lipinski definition) is 9. The Bertz CT molecular complexity index is 1360. The Morgan fingerprint density at radius 2 is 2.00 bits per heavy atom. The normalized spacial score (nSPS) is 18.5. The molecule has 2 aliphatic heterocycles. The number of aryl methyl sites for hydroxylation is 1. The Labute approximate surface area is 204 Å². The molecular weight excluding hydrogens is 470 g/mol. The number of amides is 1. The predicted octanol–water partition coefficient (Wildman–Crippen LogP) is 3.81. The van der Waals surface area contributed by atoms with E-state index in [1.165, 1.54) is 16.2 Å². The number of ketones is 1. The first-order chi connectivity index (χ1) is 17.0. The molecule has 3 heterocycles. The third-order valence-corrected chi connectivity index (χ3v) is 6.36. The summed E-state index contributed by atoms with van der Waals surface area (Å²) in [5.41, 5.74) is 0.822. The van der Waals surface area contributed by atoms with Crippen LogP contribution < -0.4 is 19.1 Å². The summed E-state index contributed by atoms with van der Waals surface area (Å²) in [7, 11) is 0. The van der Waals surface area contributed by atoms with Gasteiger partial charge in [0.2, 0.25) is 5.13 Å². The van der Waals surface area contributed by atoms with E-state index < -0.39 is 17.7 Å². The molecule has 1 unspecified atom stereocenters. The highest BCUT2D eigenvalue weighted by atomic mass is 32.1. The lowest BCUT2D eigenvalue weighted by molar-refractivity contribution is -0.132. The number of nitrogens with zero attached hydrogens (tertiary/aromatic N) is 3. The van der Waals surface area contributed by atoms with Crippen LogP contribution in [0.5, 0.6) is 17.2 Å². The molecule has 1 saturated heterocycles. The molecule has 1 aromatic heterocycles. The van der Waals surface area contributed by atoms with Crippen molar-refractivity contribution in [3.63, 3.8) is 0 Å². The molecule has 1 fully saturated rings. The summed E-state index contributed by atoms with van der Waals surface area (Å²) < 4.78 is 16.8. The van der Waals surface area contributed by atoms with Crippen molar-refractivity contribution in [3.8, 4) is 17.2 Å². The number of aliphatic hydroxyl groups excluding tert-OH is 1. The van der Waals surface area contributed by atoms with E-state index in [9.17, 15) is 14.7 Å². The molecule has 1 atom stereocenters. The van der Waals surface area contributed by atoms with Crippen molar-refractivity contribution in [3.05, 3.63) is 76.8 Å². The first kappa shape index (κ1) is 22.6. The molecule has 5 rings (SSSR count). The maximum absolute atomic E-state index is 13.3. The second-order valence-electron chi connectivity index (χ2n) is 7.80. The van der Waals surface area contributed by atoms with E-state index in [1.807, 2.05) is 0 Å². The van der Waals surface area contributed by atoms with E-state index >= 15 is 0 Å². The minimum absolute atomic E-state index is 0.0691. The van der Waals surface area contributed by atoms with Crippen molar-refractivity contribution in [1.29, 1.82) is 0 Å². The van der Waals surface area contributed by atoms with Crippen LogP contribution in [0.25, 0.3) is 5.76 Å². The molecule has 35 heavy (non-hydrogen) atoms. The second kappa shape index (κ2) is 9.22. The van der Waals surface area contributed by atoms with Crippen LogP contribution >= 0.6 is 11.3 Å². The highest BCUT2D eigenvalue weighted by molar-refractivity contribution is 7.15. The van der Waals surface area contributed by atoms with Gasteiger partial charge in [0, 0.05) is 5.56 Å². The third-order valence-electron chi connectivity index (χ3n) is 5.52. The molecule has 0 spiro atoms. The molecule has 178 valence electrons. The number of aliphatic hydroxyl groups is 1. The van der Waals surface area contributed by atoms with Crippen molar-refractivity contribution < 1.29 is 28.9 Å². The summed E-state index contributed by atoms with van der Waals surface area (Å²) >= 11 is 1.18. The van der Waals surface area contributed by atoms with E-state index in [-0.39, 0.29) is 23.1 Å². The van der Waals surface area contributed by atoms with E-state index in [0.29, 0.717) is 46.6 Å². The van der Waals surface area contributed by atoms with Gasteiger partial charge < -0.3 is 19.3 Å². The highest BCUT2D eigenvalue weighted by Gasteiger charge is 2.48. The molecule has 2 aromatic carbocycles. The predicted molar refractivity (Wildman–Crippen MR) is 129 cm³/mol. The molecule has 0 saturated carbocycles. The van der Waals surface area contributed by atoms with Gasteiger partial charge in [-0.2, -0.15) is 0 Å². The third kappa shape index (κ3) is 4.12. The molecule has 0 bridgehead atoms. The van der Waals surface area contributed by atoms with Crippen molar-refractivity contribution in [2.75, 3.05) is 24.7 Å². The van der Waals surface area contributed by atoms with Crippen LogP contribution in [0.2, 0.25) is 0 Å². The maximum Gasteiger partial charge on any atom is 0.301 e. The van der Waals surface area contributed by atoms with Crippen LogP contribution in [-0.4, -0.2) is 46.8 Å². The Kier molecular flexibility index (Phi) is 5.96. The zero-order chi connectivity index (χ0) is 24.5. The zero-order valence-electron chi connectivity index (χ0n) is 18.8. The monoisotopic (exact) mass is 491 g/mol. The summed E-state index contributed by atoms with van der Waals surface area (Å²) in [6, 6.07) is 10.9. The number of carbonyl (C=O) groups excluding carboxylic acids is 2. The fourth-order valence-electron chi connectivity index (χ4n) is 4.00. The summed E-state index contributed by atoms with van der Waals surface area (Å²) in [6.45, 7) is 6.49. The molecule has 2 aliphatic rings. The lowest BCUT2D eigenvalue weighted by Gasteiger charge is -2.23. The first-order valence-electron chi connectivity index (χ1n) is 10.8. The Morgan fingerprint density at radius 1 is 1.20 bits per heavy atom. The number of ether oxygens (including phenoxy) is 3. The van der Waals surface area contributed by atoms with Crippen LogP contribution in [0, 0.1) is 6.92 Å². The number of hydrogen-bond donors (Lipinski definition) is 1. The summed E-state index contributed by atoms with van der Waals surface area (Å²) in [5, 5.41) is 20.3. The Balaban J connectivity index is 1.67. The number of Topliss-reactive ketones (excluding diaryl/α,β-unsaturated/α-hetero) is 1. The molecule has 1 N–H and O–H groups in total. The van der Waals surface area contributed by atoms with Crippen molar-refractivity contribution in [2.24, 2.45) is 0 Å². The topological polar surface area (TPSA) is 111 Å². The number of rotatable bonds is 6. The number of anilines is 1. The van der Waals surface area contributed by atoms with Gasteiger partial charge in [-0.1, -0.05) is 36.1 Å². The molecule has 9 nitrogen and oxygen atoms in total. The van der Waals surface area contributed by atoms with Crippen LogP contribution in [0.1, 0.15) is 22.2 Å². The van der Waals surface area contributed by atoms with E-state index in [1.54, 1.807) is 55.5 Å². The molecular formula is C25H21N3O6S. The van der Waals surface area contributed by atoms with Crippen molar-refractivity contribution in [2.45, 2.75) is 13.0 Å². The van der Waals surface area contributed by atoms with Gasteiger partial charge >= 0.3 is 5.91 Å². The lowest BCUT2D eigenvalue weighted by Crippen LogP contribution is -2.29. The van der Waals surface area contributed by atoms with Gasteiger partial charge in [-0.3, -0.25) is 14.5 Å². The van der Waals surface area contributed by atoms with E-state index in [2.05, 4.69) is 16.8 Å². The van der Waals surface area contributed by atoms with Gasteiger partial charge in [-0.15, -0.1) is 10.2 Å². The number of carbonyl (C=O) groups is 2. The van der Waals surface area contributed by atoms with Gasteiger partial charge in [0.15, 0.2) is 11.5 Å². The van der Waals surface area contributed by atoms with Gasteiger partial charge in [-0.25, -0.2) is 0 Å². The fraction of sp³-hybridized carbons (Fsp3) is 0.200. The second-order valence-corrected chi connectivity index (χ2v) is 8.96. The van der Waals surface area contributed by atoms with Crippen molar-refractivity contribution in [1.82, 2.24) is 10.2 Å². The molecule has 1 amide bonds. The van der Waals surface area contributed by atoms with E-state index in [0.717, 1.165) is 0 Å². The highest BCUT2D eigenvalue weighted by Crippen LogP contribution is 2.44. The molecule has 10 heteroatoms. The standard InChI is InChI=1S/C25H21N3O6S/c1-3-9-32-17-6-4-5-15(12-17)21-20(23(30)24(31)28(21)25-27-26-14(2)35-25)22(29)16-7-8-18-19(13-16)34-11-10-33-18/h3-8,12-13,21,29H,1,9-11H2,2H3/b22-20-. The van der Waals surface area contributed by atoms with Crippen LogP contribution in [0.4, 0.5) is 5.13 Å². The van der Waals surface area contributed by atoms with Crippen LogP contribution in [-0.2, 0) is 9.59 Å². The lowest BCUT2D eigenvalue weighted by atomic mass is 9.95. The summed E-state index contributed by atoms with van der Waals surface area (Å²) in [4.78, 5) is 27.8. The summed E-state index contributed by atoms with van der Waals surface area (Å²) in [5.74, 6) is -0.436. The fourth-order valence-corrected chi connectivity index (χ4v) is 4.72. The zero-order valence-corrected chi connectivity index (χ0v) is 19.6. The van der Waals surface area contributed by atoms with Gasteiger partial charge in [0.05, 0.1) is 11.6 Å². The van der Waals surface area contributed by atoms with E-state index in [4.69, 9.17) is 14.2 Å². The Hall–Kier alpha value is -4.18. The molecule has 3 aromatic rings. The maximum atomic E-state index is 13.3. The number of aromatic nitrogens is 2. The van der Waals surface area contributed by atoms with Gasteiger partial charge in [0.25, 0.3) is 5.78 Å². The minimum atomic E-state index is -0.942. The Morgan fingerprint density at radius 3 is 2.74 bits per heavy atom. The van der Waals surface area contributed by atoms with Crippen molar-refractivity contribution >= 4 is 33.9 Å².